The molecule has 0 aliphatic heterocycles. The molecule has 134 valence electrons. The molecule has 1 unspecified atom stereocenters. The first-order valence-electron chi connectivity index (χ1n) is 8.07. The summed E-state index contributed by atoms with van der Waals surface area (Å²) in [5.74, 6) is -2.22. The van der Waals surface area contributed by atoms with E-state index < -0.39 is 17.9 Å². The van der Waals surface area contributed by atoms with Gasteiger partial charge >= 0.3 is 5.97 Å². The summed E-state index contributed by atoms with van der Waals surface area (Å²) in [7, 11) is 0. The predicted octanol–water partition coefficient (Wildman–Crippen LogP) is 1.98. The second-order valence-corrected chi connectivity index (χ2v) is 5.71. The normalized spacial score (nSPS) is 12.1. The summed E-state index contributed by atoms with van der Waals surface area (Å²) in [6.45, 7) is 1.31. The lowest BCUT2D eigenvalue weighted by Crippen LogP contribution is -2.47. The van der Waals surface area contributed by atoms with Crippen molar-refractivity contribution >= 4 is 23.9 Å². The topological polar surface area (TPSA) is 95.5 Å². The molecular weight excluding hydrogens is 332 g/mol. The number of carboxylic acids is 1. The minimum absolute atomic E-state index is 0.254. The molecule has 0 spiro atoms. The van der Waals surface area contributed by atoms with Gasteiger partial charge in [0.25, 0.3) is 0 Å². The van der Waals surface area contributed by atoms with Gasteiger partial charge < -0.3 is 15.7 Å². The number of aliphatic carboxylic acids is 1. The summed E-state index contributed by atoms with van der Waals surface area (Å²) in [6.07, 6.45) is 1.62. The number of amides is 2. The first kappa shape index (κ1) is 18.9. The van der Waals surface area contributed by atoms with Gasteiger partial charge in [-0.2, -0.15) is 0 Å². The van der Waals surface area contributed by atoms with E-state index in [4.69, 9.17) is 0 Å². The van der Waals surface area contributed by atoms with Crippen LogP contribution in [0.3, 0.4) is 0 Å². The van der Waals surface area contributed by atoms with Crippen LogP contribution < -0.4 is 10.6 Å². The third kappa shape index (κ3) is 5.90. The number of carbonyl (C=O) groups is 3. The van der Waals surface area contributed by atoms with E-state index in [2.05, 4.69) is 10.6 Å². The summed E-state index contributed by atoms with van der Waals surface area (Å²) in [4.78, 5) is 35.5. The second-order valence-electron chi connectivity index (χ2n) is 5.71. The lowest BCUT2D eigenvalue weighted by molar-refractivity contribution is -0.135. The number of rotatable bonds is 7. The standard InChI is InChI=1S/C20H20N2O4/c1-14(23)21-17(12-15-8-4-2-5-9-15)19(24)22-18(20(25)26)13-16-10-6-3-7-11-16/h2-11,13,17H,12H2,1H3,(H,21,23)(H,22,24)(H,25,26). The van der Waals surface area contributed by atoms with Gasteiger partial charge in [0, 0.05) is 13.3 Å². The molecule has 0 bridgehead atoms. The van der Waals surface area contributed by atoms with Crippen molar-refractivity contribution < 1.29 is 19.5 Å². The molecule has 2 amide bonds. The molecular formula is C20H20N2O4. The van der Waals surface area contributed by atoms with Crippen LogP contribution in [0.1, 0.15) is 18.1 Å². The number of hydrogen-bond acceptors (Lipinski definition) is 3. The molecule has 1 atom stereocenters. The largest absolute Gasteiger partial charge is 0.477 e. The Morgan fingerprint density at radius 3 is 2.12 bits per heavy atom. The van der Waals surface area contributed by atoms with Gasteiger partial charge in [-0.15, -0.1) is 0 Å². The zero-order chi connectivity index (χ0) is 18.9. The molecule has 6 nitrogen and oxygen atoms in total. The van der Waals surface area contributed by atoms with Crippen LogP contribution >= 0.6 is 0 Å². The molecule has 26 heavy (non-hydrogen) atoms. The Bertz CT molecular complexity index is 801. The number of benzene rings is 2. The van der Waals surface area contributed by atoms with Crippen molar-refractivity contribution in [2.75, 3.05) is 0 Å². The van der Waals surface area contributed by atoms with E-state index in [1.807, 2.05) is 36.4 Å². The Balaban J connectivity index is 2.19. The van der Waals surface area contributed by atoms with E-state index in [0.717, 1.165) is 5.56 Å². The summed E-state index contributed by atoms with van der Waals surface area (Å²) in [5.41, 5.74) is 1.24. The summed E-state index contributed by atoms with van der Waals surface area (Å²) in [6, 6.07) is 17.1. The van der Waals surface area contributed by atoms with Crippen molar-refractivity contribution in [1.82, 2.24) is 10.6 Å². The smallest absolute Gasteiger partial charge is 0.352 e. The van der Waals surface area contributed by atoms with E-state index in [9.17, 15) is 19.5 Å². The second kappa shape index (κ2) is 9.17. The van der Waals surface area contributed by atoms with Crippen LogP contribution in [0.25, 0.3) is 6.08 Å². The van der Waals surface area contributed by atoms with Gasteiger partial charge in [-0.1, -0.05) is 60.7 Å². The van der Waals surface area contributed by atoms with Gasteiger partial charge in [0.2, 0.25) is 11.8 Å². The molecule has 0 aliphatic carbocycles. The van der Waals surface area contributed by atoms with Crippen molar-refractivity contribution in [3.63, 3.8) is 0 Å². The van der Waals surface area contributed by atoms with Crippen LogP contribution in [0.2, 0.25) is 0 Å². The zero-order valence-electron chi connectivity index (χ0n) is 14.3. The van der Waals surface area contributed by atoms with E-state index in [0.29, 0.717) is 5.56 Å². The Labute approximate surface area is 151 Å². The average Bonchev–Trinajstić information content (AvgIpc) is 2.62. The maximum atomic E-state index is 12.6. The molecule has 0 saturated carbocycles. The quantitative estimate of drug-likeness (QED) is 0.664. The number of nitrogens with one attached hydrogen (secondary N) is 2. The van der Waals surface area contributed by atoms with Crippen molar-refractivity contribution in [2.24, 2.45) is 0 Å². The van der Waals surface area contributed by atoms with Crippen LogP contribution in [0.4, 0.5) is 0 Å². The minimum Gasteiger partial charge on any atom is -0.477 e. The molecule has 0 heterocycles. The van der Waals surface area contributed by atoms with Gasteiger partial charge in [-0.05, 0) is 17.2 Å². The van der Waals surface area contributed by atoms with Crippen molar-refractivity contribution in [3.05, 3.63) is 77.5 Å². The predicted molar refractivity (Wildman–Crippen MR) is 97.9 cm³/mol. The maximum absolute atomic E-state index is 12.6. The van der Waals surface area contributed by atoms with Crippen molar-refractivity contribution in [3.8, 4) is 0 Å². The van der Waals surface area contributed by atoms with Gasteiger partial charge in [0.1, 0.15) is 11.7 Å². The lowest BCUT2D eigenvalue weighted by atomic mass is 10.0. The SMILES string of the molecule is CC(=O)NC(Cc1ccccc1)C(=O)NC(=Cc1ccccc1)C(=O)O. The Morgan fingerprint density at radius 1 is 1.00 bits per heavy atom. The molecule has 6 heteroatoms. The molecule has 0 aromatic heterocycles. The molecule has 2 rings (SSSR count). The molecule has 0 saturated heterocycles. The monoisotopic (exact) mass is 352 g/mol. The lowest BCUT2D eigenvalue weighted by Gasteiger charge is -2.18. The average molecular weight is 352 g/mol. The highest BCUT2D eigenvalue weighted by Gasteiger charge is 2.22. The fraction of sp³-hybridized carbons (Fsp3) is 0.150. The van der Waals surface area contributed by atoms with Crippen molar-refractivity contribution in [1.29, 1.82) is 0 Å². The number of hydrogen-bond donors (Lipinski definition) is 3. The highest BCUT2D eigenvalue weighted by molar-refractivity contribution is 5.99. The highest BCUT2D eigenvalue weighted by Crippen LogP contribution is 2.07. The van der Waals surface area contributed by atoms with E-state index in [-0.39, 0.29) is 18.0 Å². The Morgan fingerprint density at radius 2 is 1.58 bits per heavy atom. The highest BCUT2D eigenvalue weighted by atomic mass is 16.4. The van der Waals surface area contributed by atoms with Gasteiger partial charge in [0.05, 0.1) is 0 Å². The van der Waals surface area contributed by atoms with Crippen LogP contribution in [0.5, 0.6) is 0 Å². The fourth-order valence-corrected chi connectivity index (χ4v) is 2.39. The third-order valence-corrected chi connectivity index (χ3v) is 3.58. The molecule has 0 radical (unpaired) electrons. The molecule has 0 fully saturated rings. The van der Waals surface area contributed by atoms with E-state index in [1.165, 1.54) is 13.0 Å². The van der Waals surface area contributed by atoms with Gasteiger partial charge in [-0.25, -0.2) is 4.79 Å². The summed E-state index contributed by atoms with van der Waals surface area (Å²) in [5, 5.41) is 14.3. The molecule has 0 aliphatic rings. The van der Waals surface area contributed by atoms with Crippen molar-refractivity contribution in [2.45, 2.75) is 19.4 Å². The number of carbonyl (C=O) groups excluding carboxylic acids is 2. The Kier molecular flexibility index (Phi) is 6.68. The van der Waals surface area contributed by atoms with Gasteiger partial charge in [0.15, 0.2) is 0 Å². The minimum atomic E-state index is -1.26. The van der Waals surface area contributed by atoms with Gasteiger partial charge in [-0.3, -0.25) is 9.59 Å². The molecule has 3 N–H and O–H groups in total. The van der Waals surface area contributed by atoms with Crippen LogP contribution in [0, 0.1) is 0 Å². The van der Waals surface area contributed by atoms with E-state index >= 15 is 0 Å². The zero-order valence-corrected chi connectivity index (χ0v) is 14.3. The first-order chi connectivity index (χ1) is 12.5. The van der Waals surface area contributed by atoms with Crippen LogP contribution in [0.15, 0.2) is 66.4 Å². The number of carboxylic acid groups (broad SMARTS) is 1. The molecule has 2 aromatic carbocycles. The first-order valence-corrected chi connectivity index (χ1v) is 8.07. The van der Waals surface area contributed by atoms with Crippen LogP contribution in [-0.2, 0) is 20.8 Å². The maximum Gasteiger partial charge on any atom is 0.352 e. The summed E-state index contributed by atoms with van der Waals surface area (Å²) >= 11 is 0. The molecule has 2 aromatic rings. The van der Waals surface area contributed by atoms with Crippen LogP contribution in [-0.4, -0.2) is 28.9 Å². The van der Waals surface area contributed by atoms with E-state index in [1.54, 1.807) is 24.3 Å². The fourth-order valence-electron chi connectivity index (χ4n) is 2.39. The third-order valence-electron chi connectivity index (χ3n) is 3.58. The summed E-state index contributed by atoms with van der Waals surface area (Å²) < 4.78 is 0. The Hall–Kier alpha value is -3.41.